The summed E-state index contributed by atoms with van der Waals surface area (Å²) in [6.07, 6.45) is 4.54. The number of benzene rings is 1. The quantitative estimate of drug-likeness (QED) is 0.806. The fraction of sp³-hybridized carbons (Fsp3) is 0.444. The Morgan fingerprint density at radius 3 is 2.96 bits per heavy atom. The number of rotatable bonds is 6. The van der Waals surface area contributed by atoms with E-state index in [9.17, 15) is 9.18 Å². The van der Waals surface area contributed by atoms with Crippen LogP contribution in [0.3, 0.4) is 0 Å². The highest BCUT2D eigenvalue weighted by Gasteiger charge is 2.35. The van der Waals surface area contributed by atoms with Crippen LogP contribution in [0.5, 0.6) is 5.75 Å². The molecular weight excluding hydrogens is 359 g/mol. The number of hydrogen-bond acceptors (Lipinski definition) is 4. The fourth-order valence-corrected chi connectivity index (χ4v) is 3.09. The Bertz CT molecular complexity index is 753. The molecule has 1 aromatic heterocycles. The number of carbonyl (C=O) groups excluding carboxylic acids is 1. The van der Waals surface area contributed by atoms with Crippen LogP contribution in [0, 0.1) is 11.7 Å². The second kappa shape index (κ2) is 9.00. The second-order valence-corrected chi connectivity index (χ2v) is 6.30. The molecule has 1 aliphatic heterocycles. The minimum absolute atomic E-state index is 0. The highest BCUT2D eigenvalue weighted by Crippen LogP contribution is 2.31. The molecule has 0 saturated carbocycles. The zero-order chi connectivity index (χ0) is 17.8. The number of nitrogens with zero attached hydrogens (tertiary/aromatic N) is 2. The Kier molecular flexibility index (Phi) is 6.99. The molecule has 3 rings (SSSR count). The van der Waals surface area contributed by atoms with Gasteiger partial charge in [0.2, 0.25) is 5.91 Å². The molecule has 1 fully saturated rings. The first kappa shape index (κ1) is 20.2. The fourth-order valence-electron chi connectivity index (χ4n) is 3.09. The van der Waals surface area contributed by atoms with E-state index in [1.54, 1.807) is 16.9 Å². The lowest BCUT2D eigenvalue weighted by atomic mass is 9.90. The Labute approximate surface area is 158 Å². The Morgan fingerprint density at radius 2 is 2.27 bits per heavy atom. The Hall–Kier alpha value is -2.12. The van der Waals surface area contributed by atoms with Gasteiger partial charge in [-0.3, -0.25) is 9.48 Å². The molecule has 1 aliphatic rings. The topological polar surface area (TPSA) is 68.2 Å². The molecular formula is C18H24ClFN4O2. The lowest BCUT2D eigenvalue weighted by Gasteiger charge is -2.18. The summed E-state index contributed by atoms with van der Waals surface area (Å²) in [5.41, 5.74) is 1.53. The van der Waals surface area contributed by atoms with Gasteiger partial charge in [-0.1, -0.05) is 6.92 Å². The van der Waals surface area contributed by atoms with Crippen molar-refractivity contribution in [3.05, 3.63) is 42.0 Å². The monoisotopic (exact) mass is 382 g/mol. The molecule has 0 radical (unpaired) electrons. The van der Waals surface area contributed by atoms with Crippen LogP contribution in [0.25, 0.3) is 0 Å². The highest BCUT2D eigenvalue weighted by atomic mass is 35.5. The highest BCUT2D eigenvalue weighted by molar-refractivity contribution is 5.95. The van der Waals surface area contributed by atoms with Gasteiger partial charge >= 0.3 is 0 Å². The molecule has 1 saturated heterocycles. The molecule has 6 nitrogen and oxygen atoms in total. The van der Waals surface area contributed by atoms with Crippen LogP contribution in [0.15, 0.2) is 30.6 Å². The summed E-state index contributed by atoms with van der Waals surface area (Å²) in [5.74, 6) is -0.284. The first-order chi connectivity index (χ1) is 12.1. The van der Waals surface area contributed by atoms with E-state index < -0.39 is 0 Å². The van der Waals surface area contributed by atoms with E-state index in [0.29, 0.717) is 24.6 Å². The summed E-state index contributed by atoms with van der Waals surface area (Å²) in [7, 11) is 1.86. The summed E-state index contributed by atoms with van der Waals surface area (Å²) >= 11 is 0. The molecule has 2 atom stereocenters. The second-order valence-electron chi connectivity index (χ2n) is 6.30. The van der Waals surface area contributed by atoms with Crippen molar-refractivity contribution in [3.8, 4) is 5.75 Å². The van der Waals surface area contributed by atoms with Crippen molar-refractivity contribution in [1.82, 2.24) is 15.1 Å². The number of carbonyl (C=O) groups is 1. The van der Waals surface area contributed by atoms with Crippen LogP contribution < -0.4 is 15.4 Å². The van der Waals surface area contributed by atoms with Gasteiger partial charge in [-0.2, -0.15) is 5.10 Å². The first-order valence-corrected chi connectivity index (χ1v) is 8.51. The zero-order valence-electron chi connectivity index (χ0n) is 14.9. The smallest absolute Gasteiger partial charge is 0.229 e. The van der Waals surface area contributed by atoms with Crippen molar-refractivity contribution < 1.29 is 13.9 Å². The maximum atomic E-state index is 13.5. The van der Waals surface area contributed by atoms with Crippen molar-refractivity contribution in [2.75, 3.05) is 25.0 Å². The maximum Gasteiger partial charge on any atom is 0.229 e. The van der Waals surface area contributed by atoms with Crippen LogP contribution in [0.2, 0.25) is 0 Å². The molecule has 0 aliphatic carbocycles. The van der Waals surface area contributed by atoms with Crippen LogP contribution in [-0.2, 0) is 11.8 Å². The van der Waals surface area contributed by atoms with Gasteiger partial charge in [-0.05, 0) is 24.1 Å². The molecule has 8 heteroatoms. The molecule has 26 heavy (non-hydrogen) atoms. The number of hydrogen-bond donors (Lipinski definition) is 2. The molecule has 0 bridgehead atoms. The van der Waals surface area contributed by atoms with E-state index in [-0.39, 0.29) is 36.0 Å². The van der Waals surface area contributed by atoms with Crippen LogP contribution in [0.4, 0.5) is 10.1 Å². The van der Waals surface area contributed by atoms with Crippen molar-refractivity contribution in [3.63, 3.8) is 0 Å². The van der Waals surface area contributed by atoms with Gasteiger partial charge in [-0.25, -0.2) is 4.39 Å². The average Bonchev–Trinajstić information content (AvgIpc) is 3.23. The third-order valence-electron chi connectivity index (χ3n) is 4.37. The SMILES string of the molecule is CCCOc1cc(F)ccc1NC(=O)[C@H]1CNC[C@@H]1c1cnn(C)c1.Cl. The molecule has 2 N–H and O–H groups in total. The number of amides is 1. The Balaban J connectivity index is 0.00000243. The minimum Gasteiger partial charge on any atom is -0.491 e. The van der Waals surface area contributed by atoms with E-state index in [4.69, 9.17) is 4.74 Å². The van der Waals surface area contributed by atoms with Crippen LogP contribution >= 0.6 is 12.4 Å². The van der Waals surface area contributed by atoms with Gasteiger partial charge in [0.15, 0.2) is 0 Å². The number of aryl methyl sites for hydroxylation is 1. The van der Waals surface area contributed by atoms with Gasteiger partial charge in [0.25, 0.3) is 0 Å². The normalized spacial score (nSPS) is 19.0. The molecule has 0 spiro atoms. The van der Waals surface area contributed by atoms with Crippen molar-refractivity contribution in [2.24, 2.45) is 13.0 Å². The molecule has 0 unspecified atom stereocenters. The average molecular weight is 383 g/mol. The lowest BCUT2D eigenvalue weighted by molar-refractivity contribution is -0.119. The zero-order valence-corrected chi connectivity index (χ0v) is 15.7. The van der Waals surface area contributed by atoms with Gasteiger partial charge < -0.3 is 15.4 Å². The standard InChI is InChI=1S/C18H23FN4O2.ClH/c1-3-6-25-17-7-13(19)4-5-16(17)22-18(24)15-10-20-9-14(15)12-8-21-23(2)11-12;/h4-5,7-8,11,14-15,20H,3,6,9-10H2,1-2H3,(H,22,24);1H/t14-,15+;/m1./s1. The molecule has 1 amide bonds. The lowest BCUT2D eigenvalue weighted by Crippen LogP contribution is -2.28. The van der Waals surface area contributed by atoms with E-state index in [1.807, 2.05) is 20.2 Å². The van der Waals surface area contributed by atoms with E-state index >= 15 is 0 Å². The Morgan fingerprint density at radius 1 is 1.46 bits per heavy atom. The van der Waals surface area contributed by atoms with Gasteiger partial charge in [0.1, 0.15) is 11.6 Å². The van der Waals surface area contributed by atoms with Gasteiger partial charge in [0.05, 0.1) is 24.4 Å². The number of anilines is 1. The number of ether oxygens (including phenoxy) is 1. The third kappa shape index (κ3) is 4.53. The summed E-state index contributed by atoms with van der Waals surface area (Å²) in [4.78, 5) is 12.8. The van der Waals surface area contributed by atoms with Crippen molar-refractivity contribution in [1.29, 1.82) is 0 Å². The van der Waals surface area contributed by atoms with E-state index in [1.165, 1.54) is 12.1 Å². The number of aromatic nitrogens is 2. The number of halogens is 2. The summed E-state index contributed by atoms with van der Waals surface area (Å²) in [6.45, 7) is 3.76. The van der Waals surface area contributed by atoms with Crippen LogP contribution in [0.1, 0.15) is 24.8 Å². The van der Waals surface area contributed by atoms with Crippen molar-refractivity contribution >= 4 is 24.0 Å². The first-order valence-electron chi connectivity index (χ1n) is 8.51. The molecule has 142 valence electrons. The predicted molar refractivity (Wildman–Crippen MR) is 100 cm³/mol. The maximum absolute atomic E-state index is 13.5. The van der Waals surface area contributed by atoms with Gasteiger partial charge in [-0.15, -0.1) is 12.4 Å². The molecule has 1 aromatic carbocycles. The summed E-state index contributed by atoms with van der Waals surface area (Å²) < 4.78 is 20.8. The van der Waals surface area contributed by atoms with Crippen molar-refractivity contribution in [2.45, 2.75) is 19.3 Å². The molecule has 2 aromatic rings. The number of nitrogens with one attached hydrogen (secondary N) is 2. The van der Waals surface area contributed by atoms with E-state index in [2.05, 4.69) is 15.7 Å². The molecule has 2 heterocycles. The van der Waals surface area contributed by atoms with E-state index in [0.717, 1.165) is 18.5 Å². The minimum atomic E-state index is -0.389. The predicted octanol–water partition coefficient (Wildman–Crippen LogP) is 2.71. The summed E-state index contributed by atoms with van der Waals surface area (Å²) in [5, 5.41) is 10.4. The largest absolute Gasteiger partial charge is 0.491 e. The third-order valence-corrected chi connectivity index (χ3v) is 4.37. The summed E-state index contributed by atoms with van der Waals surface area (Å²) in [6, 6.07) is 4.16. The van der Waals surface area contributed by atoms with Gasteiger partial charge in [0, 0.05) is 38.3 Å². The van der Waals surface area contributed by atoms with Crippen LogP contribution in [-0.4, -0.2) is 35.4 Å².